The van der Waals surface area contributed by atoms with Gasteiger partial charge in [-0.05, 0) is 46.9 Å². The van der Waals surface area contributed by atoms with Crippen LogP contribution in [0.5, 0.6) is 0 Å². The van der Waals surface area contributed by atoms with E-state index >= 15 is 0 Å². The van der Waals surface area contributed by atoms with Gasteiger partial charge in [-0.2, -0.15) is 0 Å². The van der Waals surface area contributed by atoms with Crippen LogP contribution in [0.3, 0.4) is 0 Å². The van der Waals surface area contributed by atoms with Gasteiger partial charge in [0.15, 0.2) is 0 Å². The van der Waals surface area contributed by atoms with E-state index in [0.717, 1.165) is 33.2 Å². The first-order valence-corrected chi connectivity index (χ1v) is 11.2. The Bertz CT molecular complexity index is 1250. The quantitative estimate of drug-likeness (QED) is 0.493. The molecule has 35 heavy (non-hydrogen) atoms. The number of aliphatic carboxylic acids is 1. The number of halogens is 1. The van der Waals surface area contributed by atoms with Crippen molar-refractivity contribution in [1.29, 1.82) is 0 Å². The molecular weight excluding hydrogens is 451 g/mol. The molecule has 7 nitrogen and oxygen atoms in total. The highest BCUT2D eigenvalue weighted by Crippen LogP contribution is 2.44. The van der Waals surface area contributed by atoms with Gasteiger partial charge in [0.1, 0.15) is 18.5 Å². The van der Waals surface area contributed by atoms with E-state index in [1.807, 2.05) is 48.5 Å². The van der Waals surface area contributed by atoms with E-state index in [-0.39, 0.29) is 30.2 Å². The second kappa shape index (κ2) is 9.97. The van der Waals surface area contributed by atoms with Crippen molar-refractivity contribution in [2.75, 3.05) is 19.0 Å². The van der Waals surface area contributed by atoms with E-state index in [4.69, 9.17) is 4.74 Å². The number of carbonyl (C=O) groups excluding carboxylic acids is 2. The molecule has 180 valence electrons. The number of carboxylic acids is 1. The third-order valence-corrected chi connectivity index (χ3v) is 6.26. The summed E-state index contributed by atoms with van der Waals surface area (Å²) in [5.74, 6) is -2.74. The highest BCUT2D eigenvalue weighted by atomic mass is 19.1. The summed E-state index contributed by atoms with van der Waals surface area (Å²) in [6, 6.07) is 18.4. The molecule has 0 saturated carbocycles. The summed E-state index contributed by atoms with van der Waals surface area (Å²) in [6.07, 6.45) is -0.611. The molecule has 3 aromatic rings. The number of ether oxygens (including phenoxy) is 1. The molecule has 0 fully saturated rings. The number of carbonyl (C=O) groups is 3. The van der Waals surface area contributed by atoms with Crippen LogP contribution in [0.4, 0.5) is 14.9 Å². The largest absolute Gasteiger partial charge is 0.480 e. The van der Waals surface area contributed by atoms with Crippen LogP contribution in [0.25, 0.3) is 11.1 Å². The van der Waals surface area contributed by atoms with Gasteiger partial charge in [-0.25, -0.2) is 14.0 Å². The van der Waals surface area contributed by atoms with E-state index in [1.54, 1.807) is 6.92 Å². The zero-order chi connectivity index (χ0) is 25.1. The molecule has 2 N–H and O–H groups in total. The lowest BCUT2D eigenvalue weighted by Crippen LogP contribution is -2.42. The number of hydrogen-bond acceptors (Lipinski definition) is 4. The van der Waals surface area contributed by atoms with Gasteiger partial charge in [-0.3, -0.25) is 10.1 Å². The van der Waals surface area contributed by atoms with Crippen LogP contribution in [-0.2, 0) is 9.53 Å². The van der Waals surface area contributed by atoms with Gasteiger partial charge in [0.25, 0.3) is 5.91 Å². The average molecular weight is 477 g/mol. The van der Waals surface area contributed by atoms with Crippen molar-refractivity contribution in [3.63, 3.8) is 0 Å². The molecule has 0 bridgehead atoms. The van der Waals surface area contributed by atoms with Crippen molar-refractivity contribution < 1.29 is 28.6 Å². The third-order valence-electron chi connectivity index (χ3n) is 6.26. The summed E-state index contributed by atoms with van der Waals surface area (Å²) in [7, 11) is 1.35. The van der Waals surface area contributed by atoms with Crippen molar-refractivity contribution in [3.05, 3.63) is 89.2 Å². The minimum Gasteiger partial charge on any atom is -0.480 e. The van der Waals surface area contributed by atoms with Crippen LogP contribution in [0.1, 0.15) is 40.7 Å². The van der Waals surface area contributed by atoms with Crippen molar-refractivity contribution in [3.8, 4) is 11.1 Å². The number of likely N-dealkylation sites (N-methyl/N-ethyl adjacent to an activating group) is 1. The molecule has 0 aromatic heterocycles. The summed E-state index contributed by atoms with van der Waals surface area (Å²) < 4.78 is 20.1. The monoisotopic (exact) mass is 476 g/mol. The number of anilines is 1. The predicted molar refractivity (Wildman–Crippen MR) is 129 cm³/mol. The first kappa shape index (κ1) is 23.9. The number of fused-ring (bicyclic) bond motifs is 3. The first-order chi connectivity index (χ1) is 16.8. The Morgan fingerprint density at radius 2 is 1.63 bits per heavy atom. The number of carboxylic acid groups (broad SMARTS) is 1. The van der Waals surface area contributed by atoms with Gasteiger partial charge < -0.3 is 14.7 Å². The SMILES string of the molecule is CCC(C(=O)O)N(C)C(=O)c1ccc(NC(=O)OCC2c3ccccc3-c3ccccc32)c(F)c1. The summed E-state index contributed by atoms with van der Waals surface area (Å²) in [5.41, 5.74) is 4.15. The highest BCUT2D eigenvalue weighted by Gasteiger charge is 2.29. The molecule has 4 rings (SSSR count). The first-order valence-electron chi connectivity index (χ1n) is 11.2. The summed E-state index contributed by atoms with van der Waals surface area (Å²) >= 11 is 0. The van der Waals surface area contributed by atoms with Gasteiger partial charge >= 0.3 is 12.1 Å². The second-order valence-electron chi connectivity index (χ2n) is 8.32. The fourth-order valence-electron chi connectivity index (χ4n) is 4.45. The zero-order valence-corrected chi connectivity index (χ0v) is 19.3. The number of nitrogens with one attached hydrogen (secondary N) is 1. The highest BCUT2D eigenvalue weighted by molar-refractivity contribution is 5.97. The van der Waals surface area contributed by atoms with Gasteiger partial charge in [0.2, 0.25) is 0 Å². The standard InChI is InChI=1S/C27H25FN2O5/c1-3-24(26(32)33)30(2)25(31)16-12-13-23(22(28)14-16)29-27(34)35-15-21-19-10-6-4-8-17(19)18-9-5-7-11-20(18)21/h4-14,21,24H,3,15H2,1-2H3,(H,29,34)(H,32,33). The molecule has 0 aliphatic heterocycles. The summed E-state index contributed by atoms with van der Waals surface area (Å²) in [5, 5.41) is 11.6. The van der Waals surface area contributed by atoms with Crippen LogP contribution in [0.15, 0.2) is 66.7 Å². The van der Waals surface area contributed by atoms with Crippen molar-refractivity contribution in [1.82, 2.24) is 4.90 Å². The van der Waals surface area contributed by atoms with E-state index in [1.165, 1.54) is 19.2 Å². The van der Waals surface area contributed by atoms with E-state index in [0.29, 0.717) is 0 Å². The number of rotatable bonds is 7. The number of benzene rings is 3. The van der Waals surface area contributed by atoms with Gasteiger partial charge in [0, 0.05) is 18.5 Å². The molecule has 0 spiro atoms. The maximum atomic E-state index is 14.7. The maximum absolute atomic E-state index is 14.7. The molecular formula is C27H25FN2O5. The predicted octanol–water partition coefficient (Wildman–Crippen LogP) is 5.12. The summed E-state index contributed by atoms with van der Waals surface area (Å²) in [6.45, 7) is 1.72. The van der Waals surface area contributed by atoms with Crippen LogP contribution in [0, 0.1) is 5.82 Å². The van der Waals surface area contributed by atoms with E-state index < -0.39 is 29.8 Å². The molecule has 1 unspecified atom stereocenters. The second-order valence-corrected chi connectivity index (χ2v) is 8.32. The topological polar surface area (TPSA) is 95.9 Å². The van der Waals surface area contributed by atoms with Gasteiger partial charge in [-0.1, -0.05) is 55.5 Å². The Morgan fingerprint density at radius 1 is 1.03 bits per heavy atom. The smallest absolute Gasteiger partial charge is 0.411 e. The molecule has 0 heterocycles. The van der Waals surface area contributed by atoms with Crippen molar-refractivity contribution in [2.45, 2.75) is 25.3 Å². The van der Waals surface area contributed by atoms with E-state index in [9.17, 15) is 23.9 Å². The van der Waals surface area contributed by atoms with Crippen LogP contribution < -0.4 is 5.32 Å². The maximum Gasteiger partial charge on any atom is 0.411 e. The fourth-order valence-corrected chi connectivity index (χ4v) is 4.45. The van der Waals surface area contributed by atoms with Gasteiger partial charge in [0.05, 0.1) is 5.69 Å². The molecule has 1 aliphatic rings. The van der Waals surface area contributed by atoms with Crippen molar-refractivity contribution in [2.24, 2.45) is 0 Å². The van der Waals surface area contributed by atoms with Crippen LogP contribution >= 0.6 is 0 Å². The lowest BCUT2D eigenvalue weighted by molar-refractivity contribution is -0.142. The molecule has 0 radical (unpaired) electrons. The number of amides is 2. The molecule has 1 atom stereocenters. The molecule has 0 saturated heterocycles. The lowest BCUT2D eigenvalue weighted by Gasteiger charge is -2.24. The fraction of sp³-hybridized carbons (Fsp3) is 0.222. The van der Waals surface area contributed by atoms with E-state index in [2.05, 4.69) is 5.32 Å². The Labute approximate surface area is 202 Å². The number of hydrogen-bond donors (Lipinski definition) is 2. The Morgan fingerprint density at radius 3 is 2.17 bits per heavy atom. The normalized spacial score (nSPS) is 12.9. The zero-order valence-electron chi connectivity index (χ0n) is 19.3. The van der Waals surface area contributed by atoms with Crippen LogP contribution in [0.2, 0.25) is 0 Å². The minimum absolute atomic E-state index is 0.0252. The van der Waals surface area contributed by atoms with Gasteiger partial charge in [-0.15, -0.1) is 0 Å². The Hall–Kier alpha value is -4.20. The average Bonchev–Trinajstić information content (AvgIpc) is 3.17. The molecule has 3 aromatic carbocycles. The Balaban J connectivity index is 1.42. The third kappa shape index (κ3) is 4.73. The summed E-state index contributed by atoms with van der Waals surface area (Å²) in [4.78, 5) is 37.4. The molecule has 8 heteroatoms. The van der Waals surface area contributed by atoms with Crippen molar-refractivity contribution >= 4 is 23.7 Å². The Kier molecular flexibility index (Phi) is 6.82. The molecule has 2 amide bonds. The molecule has 1 aliphatic carbocycles. The minimum atomic E-state index is -1.14. The van der Waals surface area contributed by atoms with Crippen LogP contribution in [-0.4, -0.2) is 47.7 Å². The lowest BCUT2D eigenvalue weighted by atomic mass is 9.98. The number of nitrogens with zero attached hydrogens (tertiary/aromatic N) is 1.